The Morgan fingerprint density at radius 1 is 1.13 bits per heavy atom. The Morgan fingerprint density at radius 2 is 1.80 bits per heavy atom. The van der Waals surface area contributed by atoms with Crippen molar-refractivity contribution < 1.29 is 45.4 Å². The Morgan fingerprint density at radius 3 is 2.39 bits per heavy atom. The van der Waals surface area contributed by atoms with Crippen molar-refractivity contribution in [1.82, 2.24) is 9.88 Å². The van der Waals surface area contributed by atoms with E-state index in [4.69, 9.17) is 18.6 Å². The van der Waals surface area contributed by atoms with Crippen LogP contribution in [0.15, 0.2) is 30.5 Å². The Bertz CT molecular complexity index is 1370. The number of benzene rings is 1. The molecule has 1 aromatic carbocycles. The third-order valence-electron chi connectivity index (χ3n) is 9.60. The van der Waals surface area contributed by atoms with Gasteiger partial charge in [0, 0.05) is 37.0 Å². The van der Waals surface area contributed by atoms with Crippen molar-refractivity contribution >= 4 is 19.9 Å². The van der Waals surface area contributed by atoms with E-state index >= 15 is 4.39 Å². The molecule has 1 aromatic heterocycles. The second kappa shape index (κ2) is 13.8. The molecule has 2 aliphatic heterocycles. The second-order valence-electron chi connectivity index (χ2n) is 13.6. The maximum Gasteiger partial charge on any atom is 0.417 e. The standard InChI is InChI=1S/C32H44F5N3O5Si/c1-20-25(23-10-11-24(33)26(34)27(23)43-17-14-40-12-15-42-16-13-40)28(45-31(20,5)32(35,36)37)29(41)39-21-8-9-22(38-18-21)19-44-46(6,7)30(2,3)4/h8-11,18,20,25,28H,12-17,19H2,1-7H3,(H,39,41). The highest BCUT2D eigenvalue weighted by Crippen LogP contribution is 2.55. The Balaban J connectivity index is 1.58. The van der Waals surface area contributed by atoms with Crippen molar-refractivity contribution in [2.75, 3.05) is 44.8 Å². The van der Waals surface area contributed by atoms with Crippen LogP contribution in [0.25, 0.3) is 0 Å². The highest BCUT2D eigenvalue weighted by Gasteiger charge is 2.66. The number of hydrogen-bond donors (Lipinski definition) is 1. The van der Waals surface area contributed by atoms with E-state index in [1.54, 1.807) is 12.1 Å². The molecule has 2 fully saturated rings. The maximum atomic E-state index is 15.2. The minimum atomic E-state index is -4.87. The van der Waals surface area contributed by atoms with Gasteiger partial charge in [-0.2, -0.15) is 17.6 Å². The number of nitrogens with zero attached hydrogens (tertiary/aromatic N) is 2. The summed E-state index contributed by atoms with van der Waals surface area (Å²) in [6, 6.07) is 5.21. The molecule has 3 heterocycles. The molecule has 14 heteroatoms. The van der Waals surface area contributed by atoms with E-state index in [9.17, 15) is 22.4 Å². The number of halogens is 5. The number of carbonyl (C=O) groups excluding carboxylic acids is 1. The zero-order chi connectivity index (χ0) is 34.1. The topological polar surface area (TPSA) is 82.2 Å². The second-order valence-corrected chi connectivity index (χ2v) is 18.4. The van der Waals surface area contributed by atoms with Crippen molar-refractivity contribution in [1.29, 1.82) is 0 Å². The van der Waals surface area contributed by atoms with Crippen molar-refractivity contribution in [3.8, 4) is 5.75 Å². The number of rotatable bonds is 10. The number of alkyl halides is 3. The Labute approximate surface area is 268 Å². The van der Waals surface area contributed by atoms with Gasteiger partial charge in [0.25, 0.3) is 5.91 Å². The number of ether oxygens (including phenoxy) is 3. The summed E-state index contributed by atoms with van der Waals surface area (Å²) in [7, 11) is -2.04. The average molecular weight is 674 g/mol. The lowest BCUT2D eigenvalue weighted by atomic mass is 9.77. The molecule has 0 bridgehead atoms. The zero-order valence-electron chi connectivity index (χ0n) is 27.4. The van der Waals surface area contributed by atoms with Crippen molar-refractivity contribution in [2.45, 2.75) is 83.2 Å². The van der Waals surface area contributed by atoms with Gasteiger partial charge in [0.2, 0.25) is 5.82 Å². The number of carbonyl (C=O) groups is 1. The van der Waals surface area contributed by atoms with Crippen LogP contribution in [-0.4, -0.2) is 81.4 Å². The fourth-order valence-electron chi connectivity index (χ4n) is 5.35. The Hall–Kier alpha value is -2.65. The summed E-state index contributed by atoms with van der Waals surface area (Å²) in [6.07, 6.45) is -5.20. The van der Waals surface area contributed by atoms with Gasteiger partial charge in [-0.15, -0.1) is 0 Å². The lowest BCUT2D eigenvalue weighted by molar-refractivity contribution is -0.272. The van der Waals surface area contributed by atoms with Crippen LogP contribution in [0.4, 0.5) is 27.6 Å². The predicted molar refractivity (Wildman–Crippen MR) is 165 cm³/mol. The number of nitrogens with one attached hydrogen (secondary N) is 1. The lowest BCUT2D eigenvalue weighted by Crippen LogP contribution is -2.47. The molecule has 1 N–H and O–H groups in total. The summed E-state index contributed by atoms with van der Waals surface area (Å²) >= 11 is 0. The van der Waals surface area contributed by atoms with Gasteiger partial charge in [-0.25, -0.2) is 4.39 Å². The maximum absolute atomic E-state index is 15.2. The van der Waals surface area contributed by atoms with Crippen LogP contribution in [-0.2, 0) is 25.3 Å². The molecule has 4 atom stereocenters. The van der Waals surface area contributed by atoms with E-state index in [2.05, 4.69) is 44.2 Å². The first-order valence-corrected chi connectivity index (χ1v) is 18.3. The Kier molecular flexibility index (Phi) is 10.9. The molecule has 4 unspecified atom stereocenters. The molecule has 0 aliphatic carbocycles. The smallest absolute Gasteiger partial charge is 0.417 e. The molecule has 8 nitrogen and oxygen atoms in total. The van der Waals surface area contributed by atoms with Crippen molar-refractivity contribution in [3.63, 3.8) is 0 Å². The summed E-state index contributed by atoms with van der Waals surface area (Å²) in [5.74, 6) is -6.69. The van der Waals surface area contributed by atoms with Crippen LogP contribution in [0.5, 0.6) is 5.75 Å². The van der Waals surface area contributed by atoms with Gasteiger partial charge >= 0.3 is 6.18 Å². The van der Waals surface area contributed by atoms with Crippen molar-refractivity contribution in [3.05, 3.63) is 53.4 Å². The van der Waals surface area contributed by atoms with Gasteiger partial charge in [0.1, 0.15) is 12.7 Å². The van der Waals surface area contributed by atoms with Gasteiger partial charge in [-0.3, -0.25) is 14.7 Å². The molecule has 1 amide bonds. The molecular formula is C32H44F5N3O5Si. The number of morpholine rings is 1. The fourth-order valence-corrected chi connectivity index (χ4v) is 6.29. The van der Waals surface area contributed by atoms with Gasteiger partial charge in [-0.1, -0.05) is 33.8 Å². The third-order valence-corrected chi connectivity index (χ3v) is 14.1. The number of hydrogen-bond acceptors (Lipinski definition) is 7. The van der Waals surface area contributed by atoms with Crippen LogP contribution < -0.4 is 10.1 Å². The van der Waals surface area contributed by atoms with E-state index in [1.807, 2.05) is 4.90 Å². The molecule has 46 heavy (non-hydrogen) atoms. The number of pyridine rings is 1. The van der Waals surface area contributed by atoms with E-state index in [0.717, 1.165) is 19.1 Å². The van der Waals surface area contributed by atoms with E-state index in [-0.39, 0.29) is 29.5 Å². The van der Waals surface area contributed by atoms with E-state index in [0.29, 0.717) is 38.5 Å². The molecule has 2 aliphatic rings. The molecule has 2 saturated heterocycles. The predicted octanol–water partition coefficient (Wildman–Crippen LogP) is 6.67. The normalized spacial score (nSPS) is 24.7. The average Bonchev–Trinajstić information content (AvgIpc) is 3.26. The van der Waals surface area contributed by atoms with Crippen LogP contribution in [0.2, 0.25) is 18.1 Å². The zero-order valence-corrected chi connectivity index (χ0v) is 28.4. The quantitative estimate of drug-likeness (QED) is 0.223. The summed E-state index contributed by atoms with van der Waals surface area (Å²) < 4.78 is 95.7. The van der Waals surface area contributed by atoms with Gasteiger partial charge in [0.05, 0.1) is 37.4 Å². The largest absolute Gasteiger partial charge is 0.489 e. The summed E-state index contributed by atoms with van der Waals surface area (Å²) in [5.41, 5.74) is -2.00. The first-order chi connectivity index (χ1) is 21.4. The first kappa shape index (κ1) is 36.2. The summed E-state index contributed by atoms with van der Waals surface area (Å²) in [6.45, 7) is 15.6. The highest BCUT2D eigenvalue weighted by molar-refractivity contribution is 6.74. The van der Waals surface area contributed by atoms with E-state index in [1.165, 1.54) is 13.1 Å². The lowest BCUT2D eigenvalue weighted by Gasteiger charge is -2.36. The number of anilines is 1. The van der Waals surface area contributed by atoms with Crippen LogP contribution in [0.1, 0.15) is 51.8 Å². The molecule has 0 saturated carbocycles. The molecule has 0 radical (unpaired) electrons. The fraction of sp³-hybridized carbons (Fsp3) is 0.625. The third kappa shape index (κ3) is 7.72. The number of aromatic nitrogens is 1. The summed E-state index contributed by atoms with van der Waals surface area (Å²) in [5, 5.41) is 2.60. The molecule has 256 valence electrons. The highest BCUT2D eigenvalue weighted by atomic mass is 28.4. The SMILES string of the molecule is CC1C(c2ccc(F)c(F)c2OCCN2CCOCC2)C(C(=O)Nc2ccc(CO[Si](C)(C)C(C)(C)C)nc2)OC1(C)C(F)(F)F. The van der Waals surface area contributed by atoms with Gasteiger partial charge in [0.15, 0.2) is 25.5 Å². The molecular weight excluding hydrogens is 629 g/mol. The minimum Gasteiger partial charge on any atom is -0.489 e. The van der Waals surface area contributed by atoms with Gasteiger partial charge in [-0.05, 0) is 43.3 Å². The monoisotopic (exact) mass is 673 g/mol. The number of amides is 1. The summed E-state index contributed by atoms with van der Waals surface area (Å²) in [4.78, 5) is 20.0. The molecule has 4 rings (SSSR count). The van der Waals surface area contributed by atoms with E-state index < -0.39 is 61.3 Å². The minimum absolute atomic E-state index is 0.00186. The van der Waals surface area contributed by atoms with Crippen LogP contribution >= 0.6 is 0 Å². The van der Waals surface area contributed by atoms with Crippen LogP contribution in [0, 0.1) is 17.6 Å². The van der Waals surface area contributed by atoms with Crippen molar-refractivity contribution in [2.24, 2.45) is 5.92 Å². The molecule has 0 spiro atoms. The van der Waals surface area contributed by atoms with Gasteiger partial charge < -0.3 is 24.0 Å². The van der Waals surface area contributed by atoms with Crippen LogP contribution in [0.3, 0.4) is 0 Å². The molecule has 2 aromatic rings. The first-order valence-electron chi connectivity index (χ1n) is 15.4.